The topological polar surface area (TPSA) is 35.8 Å². The molecule has 2 aromatic carbocycles. The van der Waals surface area contributed by atoms with E-state index in [1.807, 2.05) is 18.2 Å². The Labute approximate surface area is 127 Å². The number of nitrogens with zero attached hydrogens (tertiary/aromatic N) is 1. The van der Waals surface area contributed by atoms with E-state index in [1.165, 1.54) is 5.56 Å². The molecule has 2 nitrogen and oxygen atoms in total. The highest BCUT2D eigenvalue weighted by Gasteiger charge is 2.30. The molecule has 3 rings (SSSR count). The van der Waals surface area contributed by atoms with Crippen LogP contribution in [0.4, 0.5) is 5.69 Å². The van der Waals surface area contributed by atoms with Crippen molar-refractivity contribution >= 4 is 21.6 Å². The third-order valence-corrected chi connectivity index (χ3v) is 4.36. The average molecular weight is 327 g/mol. The van der Waals surface area contributed by atoms with Crippen molar-refractivity contribution in [2.24, 2.45) is 0 Å². The summed E-state index contributed by atoms with van der Waals surface area (Å²) in [6.07, 6.45) is 2.25. The van der Waals surface area contributed by atoms with E-state index in [4.69, 9.17) is 5.26 Å². The Morgan fingerprint density at radius 3 is 2.55 bits per heavy atom. The normalized spacial score (nSPS) is 20.8. The second-order valence-electron chi connectivity index (χ2n) is 5.22. The van der Waals surface area contributed by atoms with E-state index in [0.717, 1.165) is 23.0 Å². The maximum Gasteiger partial charge on any atom is 0.101 e. The van der Waals surface area contributed by atoms with Crippen LogP contribution in [0.2, 0.25) is 0 Å². The summed E-state index contributed by atoms with van der Waals surface area (Å²) in [5.41, 5.74) is 3.05. The first kappa shape index (κ1) is 13.2. The second-order valence-corrected chi connectivity index (χ2v) is 6.14. The van der Waals surface area contributed by atoms with Gasteiger partial charge in [-0.2, -0.15) is 5.26 Å². The van der Waals surface area contributed by atoms with Gasteiger partial charge in [-0.1, -0.05) is 46.3 Å². The lowest BCUT2D eigenvalue weighted by molar-refractivity contribution is 0.374. The van der Waals surface area contributed by atoms with Crippen LogP contribution in [-0.4, -0.2) is 6.04 Å². The van der Waals surface area contributed by atoms with Gasteiger partial charge in [0.2, 0.25) is 0 Å². The highest BCUT2D eigenvalue weighted by Crippen LogP contribution is 2.39. The average Bonchev–Trinajstić information content (AvgIpc) is 2.43. The Kier molecular flexibility index (Phi) is 3.75. The fourth-order valence-electron chi connectivity index (χ4n) is 2.69. The van der Waals surface area contributed by atoms with Crippen LogP contribution in [0.5, 0.6) is 0 Å². The van der Waals surface area contributed by atoms with Crippen molar-refractivity contribution in [1.29, 1.82) is 5.26 Å². The summed E-state index contributed by atoms with van der Waals surface area (Å²) in [4.78, 5) is 0. The second kappa shape index (κ2) is 5.68. The number of hydrogen-bond acceptors (Lipinski definition) is 2. The molecule has 1 fully saturated rings. The van der Waals surface area contributed by atoms with Crippen LogP contribution in [0, 0.1) is 11.3 Å². The molecule has 0 aliphatic heterocycles. The molecule has 2 aromatic rings. The molecule has 0 amide bonds. The van der Waals surface area contributed by atoms with Gasteiger partial charge in [-0.3, -0.25) is 0 Å². The number of nitriles is 1. The van der Waals surface area contributed by atoms with Crippen LogP contribution in [0.1, 0.15) is 29.9 Å². The van der Waals surface area contributed by atoms with Crippen LogP contribution < -0.4 is 5.32 Å². The molecule has 0 aromatic heterocycles. The molecule has 1 N–H and O–H groups in total. The van der Waals surface area contributed by atoms with Gasteiger partial charge in [0.05, 0.1) is 11.3 Å². The third kappa shape index (κ3) is 2.71. The number of benzene rings is 2. The van der Waals surface area contributed by atoms with E-state index in [0.29, 0.717) is 17.5 Å². The summed E-state index contributed by atoms with van der Waals surface area (Å²) in [6.45, 7) is 0. The monoisotopic (exact) mass is 326 g/mol. The van der Waals surface area contributed by atoms with Crippen molar-refractivity contribution in [3.05, 3.63) is 64.1 Å². The summed E-state index contributed by atoms with van der Waals surface area (Å²) in [7, 11) is 0. The summed E-state index contributed by atoms with van der Waals surface area (Å²) < 4.78 is 0.998. The van der Waals surface area contributed by atoms with Crippen molar-refractivity contribution in [3.8, 4) is 6.07 Å². The molecule has 0 atom stereocenters. The van der Waals surface area contributed by atoms with Gasteiger partial charge in [0.1, 0.15) is 6.07 Å². The van der Waals surface area contributed by atoms with Gasteiger partial charge in [0, 0.05) is 10.5 Å². The molecule has 0 radical (unpaired) electrons. The van der Waals surface area contributed by atoms with Crippen LogP contribution in [0.25, 0.3) is 0 Å². The minimum atomic E-state index is 0.460. The first-order valence-electron chi connectivity index (χ1n) is 6.77. The van der Waals surface area contributed by atoms with Crippen molar-refractivity contribution in [2.45, 2.75) is 24.8 Å². The lowest BCUT2D eigenvalue weighted by atomic mass is 9.76. The quantitative estimate of drug-likeness (QED) is 0.888. The van der Waals surface area contributed by atoms with Crippen molar-refractivity contribution in [1.82, 2.24) is 0 Å². The van der Waals surface area contributed by atoms with Crippen LogP contribution >= 0.6 is 15.9 Å². The Hall–Kier alpha value is -1.79. The van der Waals surface area contributed by atoms with Crippen LogP contribution in [0.3, 0.4) is 0 Å². The standard InChI is InChI=1S/C17H15BrN2/c18-15-7-6-13(11-19)17(10-15)20-16-8-14(9-16)12-4-2-1-3-5-12/h1-7,10,14,16,20H,8-9H2. The molecule has 0 bridgehead atoms. The van der Waals surface area contributed by atoms with Gasteiger partial charge < -0.3 is 5.32 Å². The maximum atomic E-state index is 9.14. The first-order valence-corrected chi connectivity index (χ1v) is 7.56. The van der Waals surface area contributed by atoms with Gasteiger partial charge in [0.25, 0.3) is 0 Å². The number of nitrogens with one attached hydrogen (secondary N) is 1. The summed E-state index contributed by atoms with van der Waals surface area (Å²) in [5, 5.41) is 12.6. The molecule has 1 saturated carbocycles. The predicted molar refractivity (Wildman–Crippen MR) is 84.7 cm³/mol. The Bertz CT molecular complexity index is 640. The highest BCUT2D eigenvalue weighted by molar-refractivity contribution is 9.10. The van der Waals surface area contributed by atoms with E-state index in [-0.39, 0.29) is 0 Å². The number of rotatable bonds is 3. The molecule has 100 valence electrons. The van der Waals surface area contributed by atoms with Crippen molar-refractivity contribution in [2.75, 3.05) is 5.32 Å². The smallest absolute Gasteiger partial charge is 0.101 e. The van der Waals surface area contributed by atoms with Crippen molar-refractivity contribution in [3.63, 3.8) is 0 Å². The van der Waals surface area contributed by atoms with Crippen molar-refractivity contribution < 1.29 is 0 Å². The SMILES string of the molecule is N#Cc1ccc(Br)cc1NC1CC(c2ccccc2)C1. The van der Waals surface area contributed by atoms with E-state index >= 15 is 0 Å². The Morgan fingerprint density at radius 2 is 1.85 bits per heavy atom. The van der Waals surface area contributed by atoms with Gasteiger partial charge >= 0.3 is 0 Å². The molecule has 0 unspecified atom stereocenters. The number of halogens is 1. The summed E-state index contributed by atoms with van der Waals surface area (Å²) in [6, 6.07) is 19.1. The zero-order valence-electron chi connectivity index (χ0n) is 11.0. The highest BCUT2D eigenvalue weighted by atomic mass is 79.9. The predicted octanol–water partition coefficient (Wildman–Crippen LogP) is 4.68. The van der Waals surface area contributed by atoms with Gasteiger partial charge in [-0.25, -0.2) is 0 Å². The van der Waals surface area contributed by atoms with Gasteiger partial charge in [-0.05, 0) is 42.5 Å². The zero-order valence-corrected chi connectivity index (χ0v) is 12.6. The molecular formula is C17H15BrN2. The minimum Gasteiger partial charge on any atom is -0.381 e. The third-order valence-electron chi connectivity index (χ3n) is 3.87. The molecule has 1 aliphatic rings. The minimum absolute atomic E-state index is 0.460. The first-order chi connectivity index (χ1) is 9.76. The summed E-state index contributed by atoms with van der Waals surface area (Å²) in [5.74, 6) is 0.645. The number of anilines is 1. The molecule has 1 aliphatic carbocycles. The van der Waals surface area contributed by atoms with Crippen LogP contribution in [0.15, 0.2) is 53.0 Å². The molecule has 0 heterocycles. The Morgan fingerprint density at radius 1 is 1.10 bits per heavy atom. The van der Waals surface area contributed by atoms with E-state index in [2.05, 4.69) is 57.6 Å². The number of hydrogen-bond donors (Lipinski definition) is 1. The van der Waals surface area contributed by atoms with Gasteiger partial charge in [-0.15, -0.1) is 0 Å². The van der Waals surface area contributed by atoms with E-state index in [1.54, 1.807) is 0 Å². The molecule has 20 heavy (non-hydrogen) atoms. The fourth-order valence-corrected chi connectivity index (χ4v) is 3.05. The molecule has 3 heteroatoms. The summed E-state index contributed by atoms with van der Waals surface area (Å²) >= 11 is 3.45. The molecule has 0 saturated heterocycles. The largest absolute Gasteiger partial charge is 0.381 e. The lowest BCUT2D eigenvalue weighted by Gasteiger charge is -2.37. The lowest BCUT2D eigenvalue weighted by Crippen LogP contribution is -2.34. The van der Waals surface area contributed by atoms with E-state index < -0.39 is 0 Å². The van der Waals surface area contributed by atoms with Crippen LogP contribution in [-0.2, 0) is 0 Å². The Balaban J connectivity index is 1.65. The molecular weight excluding hydrogens is 312 g/mol. The fraction of sp³-hybridized carbons (Fsp3) is 0.235. The zero-order chi connectivity index (χ0) is 13.9. The molecule has 0 spiro atoms. The van der Waals surface area contributed by atoms with E-state index in [9.17, 15) is 0 Å². The van der Waals surface area contributed by atoms with Gasteiger partial charge in [0.15, 0.2) is 0 Å². The maximum absolute atomic E-state index is 9.14.